The van der Waals surface area contributed by atoms with Gasteiger partial charge in [0.05, 0.1) is 13.2 Å². The molecule has 0 saturated carbocycles. The van der Waals surface area contributed by atoms with Gasteiger partial charge in [-0.25, -0.2) is 9.59 Å². The van der Waals surface area contributed by atoms with Gasteiger partial charge in [0.1, 0.15) is 0 Å². The first-order valence-corrected chi connectivity index (χ1v) is 21.3. The van der Waals surface area contributed by atoms with Crippen LogP contribution in [0.15, 0.2) is 0 Å². The molecule has 0 bridgehead atoms. The molecule has 0 N–H and O–H groups in total. The Bertz CT molecular complexity index is 641. The lowest BCUT2D eigenvalue weighted by molar-refractivity contribution is -0.138. The van der Waals surface area contributed by atoms with E-state index in [1.54, 1.807) is 13.8 Å². The van der Waals surface area contributed by atoms with Gasteiger partial charge in [0, 0.05) is 24.7 Å². The van der Waals surface area contributed by atoms with Gasteiger partial charge < -0.3 is 9.47 Å². The zero-order valence-electron chi connectivity index (χ0n) is 40.0. The predicted octanol–water partition coefficient (Wildman–Crippen LogP) is 13.9. The van der Waals surface area contributed by atoms with E-state index in [1.165, 1.54) is 0 Å². The van der Waals surface area contributed by atoms with Crippen molar-refractivity contribution < 1.29 is 38.2 Å². The van der Waals surface area contributed by atoms with Gasteiger partial charge in [-0.3, -0.25) is 19.2 Å². The molecule has 52 heavy (non-hydrogen) atoms. The number of rotatable bonds is 7. The Labute approximate surface area is 326 Å². The van der Waals surface area contributed by atoms with Crippen LogP contribution in [-0.4, -0.2) is 58.8 Å². The standard InChI is InChI=1S/C18H24N2O8.12C2H6/c1-11-9-13(21)19(15(11)23)17(25)27-7-5-3-4-6-8-28-18(26)20-14(22)10-12(2)16(20)24;12*1-2/h11-12H,3-10H2,1-2H3;12*1-2H3. The number of hydrogen-bond acceptors (Lipinski definition) is 8. The molecule has 6 amide bonds. The average Bonchev–Trinajstić information content (AvgIpc) is 3.66. The maximum Gasteiger partial charge on any atom is 0.423 e. The van der Waals surface area contributed by atoms with Crippen molar-refractivity contribution in [3.8, 4) is 0 Å². The summed E-state index contributed by atoms with van der Waals surface area (Å²) in [5, 5.41) is 0. The van der Waals surface area contributed by atoms with Gasteiger partial charge in [-0.15, -0.1) is 0 Å². The number of carbonyl (C=O) groups excluding carboxylic acids is 6. The van der Waals surface area contributed by atoms with Crippen LogP contribution in [-0.2, 0) is 28.7 Å². The molecule has 322 valence electrons. The molecule has 2 atom stereocenters. The van der Waals surface area contributed by atoms with Crippen molar-refractivity contribution >= 4 is 35.8 Å². The number of imide groups is 6. The molecule has 0 aromatic rings. The molecule has 0 spiro atoms. The maximum atomic E-state index is 11.8. The van der Waals surface area contributed by atoms with E-state index in [0.717, 1.165) is 0 Å². The molecule has 2 saturated heterocycles. The van der Waals surface area contributed by atoms with Crippen LogP contribution < -0.4 is 0 Å². The van der Waals surface area contributed by atoms with Crippen LogP contribution in [0.25, 0.3) is 0 Å². The molecule has 2 rings (SSSR count). The molecule has 2 fully saturated rings. The Balaban J connectivity index is -0.0000000660. The van der Waals surface area contributed by atoms with Gasteiger partial charge in [0.25, 0.3) is 0 Å². The van der Waals surface area contributed by atoms with E-state index in [-0.39, 0.29) is 26.1 Å². The number of unbranched alkanes of at least 4 members (excludes halogenated alkanes) is 3. The highest BCUT2D eigenvalue weighted by atomic mass is 16.6. The third-order valence-corrected chi connectivity index (χ3v) is 4.60. The van der Waals surface area contributed by atoms with Crippen molar-refractivity contribution in [3.05, 3.63) is 0 Å². The van der Waals surface area contributed by atoms with Gasteiger partial charge in [0.2, 0.25) is 23.6 Å². The second kappa shape index (κ2) is 77.6. The van der Waals surface area contributed by atoms with Crippen LogP contribution in [0.4, 0.5) is 9.59 Å². The molecule has 10 heteroatoms. The normalized spacial score (nSPS) is 13.3. The second-order valence-electron chi connectivity index (χ2n) is 6.99. The van der Waals surface area contributed by atoms with E-state index in [1.807, 2.05) is 166 Å². The SMILES string of the molecule is CC.CC.CC.CC.CC.CC.CC.CC.CC.CC.CC.CC.CC1CC(=O)N(C(=O)OCCCCCCOC(=O)N2C(=O)CC(C)C2=O)C1=O. The number of likely N-dealkylation sites (tertiary alicyclic amines) is 2. The summed E-state index contributed by atoms with van der Waals surface area (Å²) in [6.07, 6.45) is 0.520. The van der Waals surface area contributed by atoms with Crippen LogP contribution >= 0.6 is 0 Å². The summed E-state index contributed by atoms with van der Waals surface area (Å²) < 4.78 is 9.88. The number of carbonyl (C=O) groups is 6. The highest BCUT2D eigenvalue weighted by Crippen LogP contribution is 2.20. The Morgan fingerprint density at radius 3 is 0.769 bits per heavy atom. The van der Waals surface area contributed by atoms with E-state index >= 15 is 0 Å². The lowest BCUT2D eigenvalue weighted by Gasteiger charge is -2.13. The van der Waals surface area contributed by atoms with Crippen LogP contribution in [0.5, 0.6) is 0 Å². The van der Waals surface area contributed by atoms with E-state index < -0.39 is 47.7 Å². The van der Waals surface area contributed by atoms with Crippen LogP contribution in [0.1, 0.15) is 219 Å². The van der Waals surface area contributed by atoms with E-state index in [4.69, 9.17) is 9.47 Å². The fourth-order valence-corrected chi connectivity index (χ4v) is 2.96. The highest BCUT2D eigenvalue weighted by Gasteiger charge is 2.41. The summed E-state index contributed by atoms with van der Waals surface area (Å²) in [4.78, 5) is 71.2. The minimum absolute atomic E-state index is 0.0141. The van der Waals surface area contributed by atoms with Crippen LogP contribution in [0.3, 0.4) is 0 Å². The number of ether oxygens (including phenoxy) is 2. The largest absolute Gasteiger partial charge is 0.449 e. The van der Waals surface area contributed by atoms with E-state index in [0.29, 0.717) is 35.5 Å². The summed E-state index contributed by atoms with van der Waals surface area (Å²) in [6.45, 7) is 51.3. The Kier molecular flexibility index (Phi) is 117. The van der Waals surface area contributed by atoms with Gasteiger partial charge in [-0.2, -0.15) is 9.80 Å². The quantitative estimate of drug-likeness (QED) is 0.185. The molecular formula is C42H96N2O8. The van der Waals surface area contributed by atoms with Gasteiger partial charge in [-0.1, -0.05) is 180 Å². The third kappa shape index (κ3) is 43.4. The minimum atomic E-state index is -0.942. The molecule has 2 unspecified atom stereocenters. The van der Waals surface area contributed by atoms with Gasteiger partial charge >= 0.3 is 12.2 Å². The fourth-order valence-electron chi connectivity index (χ4n) is 2.96. The summed E-state index contributed by atoms with van der Waals surface area (Å²) >= 11 is 0. The van der Waals surface area contributed by atoms with E-state index in [2.05, 4.69) is 0 Å². The molecule has 0 radical (unpaired) electrons. The molecule has 2 aliphatic heterocycles. The zero-order valence-corrected chi connectivity index (χ0v) is 40.0. The lowest BCUT2D eigenvalue weighted by Crippen LogP contribution is -2.37. The predicted molar refractivity (Wildman–Crippen MR) is 229 cm³/mol. The molecule has 2 heterocycles. The smallest absolute Gasteiger partial charge is 0.423 e. The van der Waals surface area contributed by atoms with E-state index in [9.17, 15) is 28.8 Å². The van der Waals surface area contributed by atoms with Gasteiger partial charge in [-0.05, 0) is 25.7 Å². The molecule has 10 nitrogen and oxygen atoms in total. The van der Waals surface area contributed by atoms with Crippen molar-refractivity contribution in [1.82, 2.24) is 9.80 Å². The van der Waals surface area contributed by atoms with Crippen LogP contribution in [0, 0.1) is 11.8 Å². The van der Waals surface area contributed by atoms with Crippen LogP contribution in [0.2, 0.25) is 0 Å². The first-order valence-electron chi connectivity index (χ1n) is 21.3. The third-order valence-electron chi connectivity index (χ3n) is 4.60. The first-order chi connectivity index (χ1) is 25.2. The first kappa shape index (κ1) is 78.3. The molecule has 0 aromatic carbocycles. The summed E-state index contributed by atoms with van der Waals surface area (Å²) in [7, 11) is 0. The zero-order chi connectivity index (χ0) is 44.8. The van der Waals surface area contributed by atoms with Crippen molar-refractivity contribution in [2.75, 3.05) is 13.2 Å². The molecule has 0 aliphatic carbocycles. The molecular weight excluding hydrogens is 660 g/mol. The lowest BCUT2D eigenvalue weighted by atomic mass is 10.1. The summed E-state index contributed by atoms with van der Waals surface area (Å²) in [6, 6.07) is 0. The second-order valence-corrected chi connectivity index (χ2v) is 6.99. The maximum absolute atomic E-state index is 11.8. The number of hydrogen-bond donors (Lipinski definition) is 0. The minimum Gasteiger partial charge on any atom is -0.449 e. The van der Waals surface area contributed by atoms with Gasteiger partial charge in [0.15, 0.2) is 0 Å². The number of amides is 6. The Morgan fingerprint density at radius 2 is 0.615 bits per heavy atom. The summed E-state index contributed by atoms with van der Waals surface area (Å²) in [5.41, 5.74) is 0. The number of nitrogens with zero attached hydrogens (tertiary/aromatic N) is 2. The topological polar surface area (TPSA) is 127 Å². The monoisotopic (exact) mass is 757 g/mol. The molecule has 0 aromatic heterocycles. The van der Waals surface area contributed by atoms with Crippen molar-refractivity contribution in [1.29, 1.82) is 0 Å². The van der Waals surface area contributed by atoms with Crippen molar-refractivity contribution in [3.63, 3.8) is 0 Å². The average molecular weight is 757 g/mol. The Morgan fingerprint density at radius 1 is 0.423 bits per heavy atom. The van der Waals surface area contributed by atoms with Crippen molar-refractivity contribution in [2.24, 2.45) is 11.8 Å². The molecule has 2 aliphatic rings. The summed E-state index contributed by atoms with van der Waals surface area (Å²) in [5.74, 6) is -3.18. The highest BCUT2D eigenvalue weighted by molar-refractivity contribution is 6.14. The van der Waals surface area contributed by atoms with Crippen molar-refractivity contribution in [2.45, 2.75) is 219 Å². The Hall–Kier alpha value is -2.78. The fraction of sp³-hybridized carbons (Fsp3) is 0.857.